The van der Waals surface area contributed by atoms with Crippen LogP contribution in [-0.4, -0.2) is 10.9 Å². The van der Waals surface area contributed by atoms with Gasteiger partial charge in [-0.25, -0.2) is 0 Å². The molecule has 0 aromatic carbocycles. The number of hydrogen-bond acceptors (Lipinski definition) is 2. The van der Waals surface area contributed by atoms with Crippen LogP contribution < -0.4 is 0 Å². The molecule has 0 bridgehead atoms. The first-order valence-electron chi connectivity index (χ1n) is 3.98. The molecular weight excluding hydrogens is 267 g/mol. The number of aliphatic hydroxyl groups excluding tert-OH is 1. The topological polar surface area (TPSA) is 37.3 Å². The molecule has 0 fully saturated rings. The van der Waals surface area contributed by atoms with Crippen molar-refractivity contribution < 1.29 is 29.4 Å². The first-order valence-corrected chi connectivity index (χ1v) is 3.98. The van der Waals surface area contributed by atoms with Crippen LogP contribution in [0.5, 0.6) is 0 Å². The Morgan fingerprint density at radius 1 is 1.14 bits per heavy atom. The van der Waals surface area contributed by atoms with E-state index in [9.17, 15) is 4.79 Å². The fourth-order valence-corrected chi connectivity index (χ4v) is 0.294. The van der Waals surface area contributed by atoms with Crippen LogP contribution in [0, 0.1) is 0 Å². The molecule has 1 N–H and O–H groups in total. The van der Waals surface area contributed by atoms with Gasteiger partial charge in [-0.15, -0.1) is 13.2 Å². The number of hydrogen-bond donors (Lipinski definition) is 1. The molecule has 85 valence electrons. The Balaban J connectivity index is -0.0000000610. The quantitative estimate of drug-likeness (QED) is 0.347. The van der Waals surface area contributed by atoms with Crippen LogP contribution in [-0.2, 0) is 24.3 Å². The maximum atomic E-state index is 10.0. The van der Waals surface area contributed by atoms with Crippen molar-refractivity contribution in [2.45, 2.75) is 27.7 Å². The number of carbonyl (C=O) groups excluding carboxylic acids is 1. The van der Waals surface area contributed by atoms with Gasteiger partial charge in [0.1, 0.15) is 0 Å². The summed E-state index contributed by atoms with van der Waals surface area (Å²) in [6.45, 7) is 13.3. The Labute approximate surface area is 100 Å². The van der Waals surface area contributed by atoms with Crippen molar-refractivity contribution in [2.75, 3.05) is 0 Å². The predicted molar refractivity (Wildman–Crippen MR) is 58.8 cm³/mol. The number of aliphatic hydroxyl groups is 1. The van der Waals surface area contributed by atoms with E-state index in [0.29, 0.717) is 0 Å². The second-order valence-corrected chi connectivity index (χ2v) is 2.21. The molecule has 0 amide bonds. The molecule has 0 saturated heterocycles. The van der Waals surface area contributed by atoms with Crippen molar-refractivity contribution in [2.24, 2.45) is 0 Å². The molecule has 1 radical (unpaired) electrons. The van der Waals surface area contributed by atoms with Crippen molar-refractivity contribution in [1.82, 2.24) is 0 Å². The first kappa shape index (κ1) is 23.3. The average Bonchev–Trinajstić information content (AvgIpc) is 1.86. The van der Waals surface area contributed by atoms with Gasteiger partial charge in [-0.1, -0.05) is 12.2 Å². The van der Waals surface area contributed by atoms with Crippen molar-refractivity contribution >= 4 is 5.78 Å². The third-order valence-corrected chi connectivity index (χ3v) is 0.412. The molecule has 0 aliphatic heterocycles. The molecule has 0 spiro atoms. The molecule has 14 heavy (non-hydrogen) atoms. The van der Waals surface area contributed by atoms with Gasteiger partial charge in [0.2, 0.25) is 0 Å². The largest absolute Gasteiger partial charge is 0.512 e. The Morgan fingerprint density at radius 2 is 1.36 bits per heavy atom. The van der Waals surface area contributed by atoms with E-state index < -0.39 is 0 Å². The minimum atomic E-state index is -0.125. The summed E-state index contributed by atoms with van der Waals surface area (Å²) in [4.78, 5) is 10.0. The third-order valence-electron chi connectivity index (χ3n) is 0.412. The Kier molecular flexibility index (Phi) is 37.9. The van der Waals surface area contributed by atoms with Gasteiger partial charge < -0.3 is 5.11 Å². The Bertz CT molecular complexity index is 162. The number of ketones is 1. The van der Waals surface area contributed by atoms with Crippen molar-refractivity contribution in [3.8, 4) is 0 Å². The molecule has 0 atom stereocenters. The molecule has 0 saturated carbocycles. The summed E-state index contributed by atoms with van der Waals surface area (Å²) in [6.07, 6.45) is 4.67. The zero-order chi connectivity index (χ0) is 11.3. The molecule has 0 unspecified atom stereocenters. The van der Waals surface area contributed by atoms with Gasteiger partial charge in [-0.3, -0.25) is 4.79 Å². The van der Waals surface area contributed by atoms with E-state index in [-0.39, 0.29) is 31.0 Å². The molecule has 3 heteroatoms. The van der Waals surface area contributed by atoms with Gasteiger partial charge in [0.15, 0.2) is 5.78 Å². The van der Waals surface area contributed by atoms with Gasteiger partial charge in [-0.05, 0) is 27.7 Å². The molecule has 0 aliphatic rings. The van der Waals surface area contributed by atoms with Crippen LogP contribution in [0.25, 0.3) is 0 Å². The maximum Gasteiger partial charge on any atom is 0.155 e. The van der Waals surface area contributed by atoms with Crippen LogP contribution >= 0.6 is 0 Å². The average molecular weight is 287 g/mol. The molecule has 0 heterocycles. The number of carbonyl (C=O) groups is 1. The summed E-state index contributed by atoms with van der Waals surface area (Å²) in [5.41, 5.74) is 0. The van der Waals surface area contributed by atoms with E-state index in [1.165, 1.54) is 19.9 Å². The Morgan fingerprint density at radius 3 is 1.36 bits per heavy atom. The molecule has 0 aromatic heterocycles. The molecule has 2 nitrogen and oxygen atoms in total. The molecule has 0 rings (SSSR count). The van der Waals surface area contributed by atoms with Crippen LogP contribution in [0.1, 0.15) is 27.7 Å². The van der Waals surface area contributed by atoms with Gasteiger partial charge in [0.25, 0.3) is 0 Å². The molecular formula is C11H20O2Rh. The molecule has 0 aromatic rings. The normalized spacial score (nSPS) is 7.57. The van der Waals surface area contributed by atoms with E-state index in [4.69, 9.17) is 5.11 Å². The van der Waals surface area contributed by atoms with Gasteiger partial charge in [0.05, 0.1) is 5.76 Å². The fraction of sp³-hybridized carbons (Fsp3) is 0.364. The predicted octanol–water partition coefficient (Wildman–Crippen LogP) is 3.42. The van der Waals surface area contributed by atoms with Gasteiger partial charge in [-0.2, -0.15) is 0 Å². The third kappa shape index (κ3) is 110. The van der Waals surface area contributed by atoms with E-state index in [0.717, 1.165) is 0 Å². The van der Waals surface area contributed by atoms with Crippen LogP contribution in [0.4, 0.5) is 0 Å². The maximum absolute atomic E-state index is 10.0. The van der Waals surface area contributed by atoms with Crippen molar-refractivity contribution in [3.05, 3.63) is 37.1 Å². The zero-order valence-electron chi connectivity index (χ0n) is 9.34. The summed E-state index contributed by atoms with van der Waals surface area (Å²) in [5.74, 6) is -0.0625. The monoisotopic (exact) mass is 287 g/mol. The van der Waals surface area contributed by atoms with Crippen LogP contribution in [0.3, 0.4) is 0 Å². The number of allylic oxidation sites excluding steroid dienone is 4. The summed E-state index contributed by atoms with van der Waals surface area (Å²) in [5, 5.41) is 8.36. The SMILES string of the molecule is C=CC.C=CC.CC(=O)/C=C(/C)O.[Rh]. The summed E-state index contributed by atoms with van der Waals surface area (Å²) in [7, 11) is 0. The van der Waals surface area contributed by atoms with E-state index in [1.807, 2.05) is 13.8 Å². The van der Waals surface area contributed by atoms with E-state index in [2.05, 4.69) is 13.2 Å². The van der Waals surface area contributed by atoms with Crippen LogP contribution in [0.15, 0.2) is 37.1 Å². The fourth-order valence-electron chi connectivity index (χ4n) is 0.294. The standard InChI is InChI=1S/C5H8O2.2C3H6.Rh/c1-4(6)3-5(2)7;2*1-3-2;/h3,6H,1-2H3;2*3H,1H2,2H3;/b4-3-;;;. The minimum absolute atomic E-state index is 0. The zero-order valence-corrected chi connectivity index (χ0v) is 11.0. The molecule has 0 aliphatic carbocycles. The smallest absolute Gasteiger partial charge is 0.155 e. The number of rotatable bonds is 1. The second kappa shape index (κ2) is 22.8. The van der Waals surface area contributed by atoms with E-state index in [1.54, 1.807) is 12.2 Å². The van der Waals surface area contributed by atoms with Gasteiger partial charge >= 0.3 is 0 Å². The summed E-state index contributed by atoms with van der Waals surface area (Å²) < 4.78 is 0. The van der Waals surface area contributed by atoms with E-state index >= 15 is 0 Å². The summed E-state index contributed by atoms with van der Waals surface area (Å²) >= 11 is 0. The van der Waals surface area contributed by atoms with Crippen molar-refractivity contribution in [1.29, 1.82) is 0 Å². The van der Waals surface area contributed by atoms with Crippen molar-refractivity contribution in [3.63, 3.8) is 0 Å². The Hall–Kier alpha value is -0.687. The van der Waals surface area contributed by atoms with Crippen LogP contribution in [0.2, 0.25) is 0 Å². The summed E-state index contributed by atoms with van der Waals surface area (Å²) in [6, 6.07) is 0. The minimum Gasteiger partial charge on any atom is -0.512 e. The van der Waals surface area contributed by atoms with Gasteiger partial charge in [0, 0.05) is 25.6 Å². The first-order chi connectivity index (χ1) is 5.95. The second-order valence-electron chi connectivity index (χ2n) is 2.21.